The van der Waals surface area contributed by atoms with Crippen LogP contribution in [0.4, 0.5) is 4.39 Å². The smallest absolute Gasteiger partial charge is 0.142 e. The molecule has 1 aromatic rings. The van der Waals surface area contributed by atoms with Crippen molar-refractivity contribution in [1.82, 2.24) is 4.90 Å². The monoisotopic (exact) mass is 300 g/mol. The van der Waals surface area contributed by atoms with Gasteiger partial charge in [-0.2, -0.15) is 0 Å². The molecule has 5 heteroatoms. The lowest BCUT2D eigenvalue weighted by Crippen LogP contribution is -2.38. The molecule has 112 valence electrons. The minimum atomic E-state index is -0.393. The molecule has 0 aromatic heterocycles. The molecular weight excluding hydrogens is 279 g/mol. The standard InChI is InChI=1S/C15H22ClFN2O/c1-2-19(10-12-4-3-7-20-12)15(9-18)11-5-6-13(16)14(17)8-11/h5-6,8,12,15H,2-4,7,9-10,18H2,1H3. The summed E-state index contributed by atoms with van der Waals surface area (Å²) in [5.41, 5.74) is 6.78. The molecule has 1 aromatic carbocycles. The van der Waals surface area contributed by atoms with Crippen LogP contribution in [0.2, 0.25) is 5.02 Å². The molecule has 1 saturated heterocycles. The normalized spacial score (nSPS) is 20.6. The van der Waals surface area contributed by atoms with Gasteiger partial charge >= 0.3 is 0 Å². The van der Waals surface area contributed by atoms with Gasteiger partial charge in [0.25, 0.3) is 0 Å². The first-order valence-electron chi connectivity index (χ1n) is 7.16. The van der Waals surface area contributed by atoms with Gasteiger partial charge in [-0.1, -0.05) is 24.6 Å². The first-order valence-corrected chi connectivity index (χ1v) is 7.54. The predicted molar refractivity (Wildman–Crippen MR) is 79.4 cm³/mol. The fourth-order valence-corrected chi connectivity index (χ4v) is 2.86. The molecule has 0 bridgehead atoms. The Morgan fingerprint density at radius 2 is 2.35 bits per heavy atom. The fourth-order valence-electron chi connectivity index (χ4n) is 2.74. The van der Waals surface area contributed by atoms with Gasteiger partial charge in [0.15, 0.2) is 0 Å². The molecule has 2 unspecified atom stereocenters. The third-order valence-electron chi connectivity index (χ3n) is 3.86. The van der Waals surface area contributed by atoms with E-state index in [2.05, 4.69) is 11.8 Å². The second kappa shape index (κ2) is 7.36. The lowest BCUT2D eigenvalue weighted by Gasteiger charge is -2.32. The highest BCUT2D eigenvalue weighted by Gasteiger charge is 2.24. The molecule has 0 amide bonds. The summed E-state index contributed by atoms with van der Waals surface area (Å²) in [7, 11) is 0. The maximum atomic E-state index is 13.6. The van der Waals surface area contributed by atoms with E-state index < -0.39 is 5.82 Å². The summed E-state index contributed by atoms with van der Waals surface area (Å²) in [5.74, 6) is -0.393. The van der Waals surface area contributed by atoms with Crippen LogP contribution in [0.15, 0.2) is 18.2 Å². The predicted octanol–water partition coefficient (Wildman–Crippen LogP) is 2.98. The molecule has 20 heavy (non-hydrogen) atoms. The molecule has 0 radical (unpaired) electrons. The van der Waals surface area contributed by atoms with E-state index >= 15 is 0 Å². The molecule has 1 heterocycles. The average Bonchev–Trinajstić information content (AvgIpc) is 2.95. The van der Waals surface area contributed by atoms with Gasteiger partial charge in [-0.25, -0.2) is 4.39 Å². The second-order valence-corrected chi connectivity index (χ2v) is 5.55. The van der Waals surface area contributed by atoms with Crippen LogP contribution in [0.3, 0.4) is 0 Å². The van der Waals surface area contributed by atoms with Crippen LogP contribution in [-0.4, -0.2) is 37.2 Å². The van der Waals surface area contributed by atoms with Crippen LogP contribution in [0.5, 0.6) is 0 Å². The molecular formula is C15H22ClFN2O. The van der Waals surface area contributed by atoms with Gasteiger partial charge in [0.1, 0.15) is 5.82 Å². The highest BCUT2D eigenvalue weighted by atomic mass is 35.5. The number of benzene rings is 1. The van der Waals surface area contributed by atoms with Crippen LogP contribution in [0.1, 0.15) is 31.4 Å². The maximum Gasteiger partial charge on any atom is 0.142 e. The molecule has 2 rings (SSSR count). The Morgan fingerprint density at radius 1 is 1.55 bits per heavy atom. The number of ether oxygens (including phenoxy) is 1. The van der Waals surface area contributed by atoms with Crippen molar-refractivity contribution >= 4 is 11.6 Å². The van der Waals surface area contributed by atoms with Crippen molar-refractivity contribution in [2.75, 3.05) is 26.2 Å². The SMILES string of the molecule is CCN(CC1CCCO1)C(CN)c1ccc(Cl)c(F)c1. The zero-order valence-electron chi connectivity index (χ0n) is 11.8. The molecule has 2 atom stereocenters. The van der Waals surface area contributed by atoms with Crippen molar-refractivity contribution in [3.63, 3.8) is 0 Å². The maximum absolute atomic E-state index is 13.6. The highest BCUT2D eigenvalue weighted by molar-refractivity contribution is 6.30. The Labute approximate surface area is 124 Å². The van der Waals surface area contributed by atoms with Crippen molar-refractivity contribution < 1.29 is 9.13 Å². The van der Waals surface area contributed by atoms with Gasteiger partial charge in [0.05, 0.1) is 11.1 Å². The van der Waals surface area contributed by atoms with E-state index in [0.717, 1.165) is 38.1 Å². The molecule has 1 fully saturated rings. The number of hydrogen-bond acceptors (Lipinski definition) is 3. The van der Waals surface area contributed by atoms with Gasteiger partial charge in [0.2, 0.25) is 0 Å². The first-order chi connectivity index (χ1) is 9.65. The number of rotatable bonds is 6. The van der Waals surface area contributed by atoms with Gasteiger partial charge in [-0.15, -0.1) is 0 Å². The van der Waals surface area contributed by atoms with Crippen molar-refractivity contribution in [2.24, 2.45) is 5.73 Å². The Morgan fingerprint density at radius 3 is 2.90 bits per heavy atom. The Kier molecular flexibility index (Phi) is 5.78. The van der Waals surface area contributed by atoms with Crippen LogP contribution in [0, 0.1) is 5.82 Å². The van der Waals surface area contributed by atoms with Crippen molar-refractivity contribution in [2.45, 2.75) is 31.9 Å². The number of hydrogen-bond donors (Lipinski definition) is 1. The highest BCUT2D eigenvalue weighted by Crippen LogP contribution is 2.25. The fraction of sp³-hybridized carbons (Fsp3) is 0.600. The molecule has 1 aliphatic rings. The van der Waals surface area contributed by atoms with E-state index in [1.807, 2.05) is 6.07 Å². The molecule has 2 N–H and O–H groups in total. The van der Waals surface area contributed by atoms with E-state index in [4.69, 9.17) is 22.1 Å². The summed E-state index contributed by atoms with van der Waals surface area (Å²) in [5, 5.41) is 0.145. The minimum Gasteiger partial charge on any atom is -0.377 e. The Balaban J connectivity index is 2.12. The van der Waals surface area contributed by atoms with Crippen LogP contribution in [0.25, 0.3) is 0 Å². The van der Waals surface area contributed by atoms with Gasteiger partial charge in [-0.3, -0.25) is 4.90 Å². The average molecular weight is 301 g/mol. The minimum absolute atomic E-state index is 0.00373. The van der Waals surface area contributed by atoms with Crippen molar-refractivity contribution in [3.8, 4) is 0 Å². The molecule has 0 spiro atoms. The molecule has 1 aliphatic heterocycles. The number of halogens is 2. The quantitative estimate of drug-likeness (QED) is 0.878. The van der Waals surface area contributed by atoms with E-state index in [-0.39, 0.29) is 17.2 Å². The van der Waals surface area contributed by atoms with Gasteiger partial charge in [-0.05, 0) is 37.1 Å². The zero-order valence-corrected chi connectivity index (χ0v) is 12.6. The molecule has 0 aliphatic carbocycles. The third-order valence-corrected chi connectivity index (χ3v) is 4.17. The number of nitrogens with two attached hydrogens (primary N) is 1. The van der Waals surface area contributed by atoms with Crippen molar-refractivity contribution in [1.29, 1.82) is 0 Å². The third kappa shape index (κ3) is 3.70. The van der Waals surface area contributed by atoms with Crippen LogP contribution < -0.4 is 5.73 Å². The summed E-state index contributed by atoms with van der Waals surface area (Å²) >= 11 is 5.74. The Hall–Kier alpha value is -0.680. The zero-order chi connectivity index (χ0) is 14.5. The first kappa shape index (κ1) is 15.7. The summed E-state index contributed by atoms with van der Waals surface area (Å²) in [6.45, 7) is 5.06. The topological polar surface area (TPSA) is 38.5 Å². The number of likely N-dealkylation sites (N-methyl/N-ethyl adjacent to an activating group) is 1. The van der Waals surface area contributed by atoms with Gasteiger partial charge in [0, 0.05) is 25.7 Å². The van der Waals surface area contributed by atoms with Gasteiger partial charge < -0.3 is 10.5 Å². The lowest BCUT2D eigenvalue weighted by atomic mass is 10.0. The summed E-state index contributed by atoms with van der Waals surface area (Å²) < 4.78 is 19.3. The van der Waals surface area contributed by atoms with E-state index in [9.17, 15) is 4.39 Å². The van der Waals surface area contributed by atoms with Crippen molar-refractivity contribution in [3.05, 3.63) is 34.6 Å². The summed E-state index contributed by atoms with van der Waals surface area (Å²) in [6.07, 6.45) is 2.47. The van der Waals surface area contributed by atoms with E-state index in [1.54, 1.807) is 6.07 Å². The van der Waals surface area contributed by atoms with Crippen LogP contribution >= 0.6 is 11.6 Å². The van der Waals surface area contributed by atoms with E-state index in [0.29, 0.717) is 6.54 Å². The lowest BCUT2D eigenvalue weighted by molar-refractivity contribution is 0.0601. The van der Waals surface area contributed by atoms with Crippen LogP contribution in [-0.2, 0) is 4.74 Å². The molecule has 3 nitrogen and oxygen atoms in total. The number of nitrogens with zero attached hydrogens (tertiary/aromatic N) is 1. The molecule has 0 saturated carbocycles. The summed E-state index contributed by atoms with van der Waals surface area (Å²) in [4.78, 5) is 2.25. The second-order valence-electron chi connectivity index (χ2n) is 5.15. The summed E-state index contributed by atoms with van der Waals surface area (Å²) in [6, 6.07) is 4.92. The Bertz CT molecular complexity index is 438. The van der Waals surface area contributed by atoms with E-state index in [1.165, 1.54) is 6.07 Å². The largest absolute Gasteiger partial charge is 0.377 e.